The van der Waals surface area contributed by atoms with Crippen LogP contribution >= 0.6 is 69.8 Å². The van der Waals surface area contributed by atoms with Crippen LogP contribution in [0.2, 0.25) is 25.1 Å². The number of carbonyl (C=O) groups excluding carboxylic acids is 2. The van der Waals surface area contributed by atoms with Gasteiger partial charge in [0.05, 0.1) is 53.2 Å². The molecule has 0 heterocycles. The van der Waals surface area contributed by atoms with Crippen molar-refractivity contribution in [3.05, 3.63) is 84.3 Å². The average molecular weight is 647 g/mol. The van der Waals surface area contributed by atoms with Gasteiger partial charge < -0.3 is 15.7 Å². The van der Waals surface area contributed by atoms with Crippen molar-refractivity contribution in [1.29, 1.82) is 0 Å². The number of alkyl halides is 3. The van der Waals surface area contributed by atoms with Crippen LogP contribution in [0.1, 0.15) is 26.3 Å². The Morgan fingerprint density at radius 1 is 0.816 bits per heavy atom. The fourth-order valence-electron chi connectivity index (χ4n) is 3.01. The predicted octanol–water partition coefficient (Wildman–Crippen LogP) is 8.65. The van der Waals surface area contributed by atoms with Gasteiger partial charge in [-0.15, -0.1) is 11.8 Å². The summed E-state index contributed by atoms with van der Waals surface area (Å²) in [6, 6.07) is 8.62. The Labute approximate surface area is 242 Å². The number of anilines is 2. The molecule has 15 heteroatoms. The highest BCUT2D eigenvalue weighted by molar-refractivity contribution is 8.00. The van der Waals surface area contributed by atoms with Crippen LogP contribution in [0.4, 0.5) is 24.5 Å². The molecule has 2 amide bonds. The van der Waals surface area contributed by atoms with Gasteiger partial charge in [0.25, 0.3) is 5.91 Å². The molecule has 3 rings (SSSR count). The van der Waals surface area contributed by atoms with Crippen LogP contribution in [0.3, 0.4) is 0 Å². The van der Waals surface area contributed by atoms with Crippen molar-refractivity contribution >= 4 is 98.9 Å². The smallest absolute Gasteiger partial charge is 0.416 e. The molecule has 0 aromatic heterocycles. The summed E-state index contributed by atoms with van der Waals surface area (Å²) in [4.78, 5) is 37.3. The van der Waals surface area contributed by atoms with E-state index < -0.39 is 50.7 Å². The van der Waals surface area contributed by atoms with E-state index in [4.69, 9.17) is 58.0 Å². The SMILES string of the molecule is O=C(CSc1ccc(NC(=O)c2c(Cl)c(Cl)c(Cl)c(Cl)c2C(=O)O)cc1)Nc1cc(C(F)(F)F)ccc1Cl. The normalized spacial score (nSPS) is 11.3. The van der Waals surface area contributed by atoms with Crippen LogP contribution in [-0.2, 0) is 11.0 Å². The molecule has 3 N–H and O–H groups in total. The maximum Gasteiger partial charge on any atom is 0.416 e. The number of carbonyl (C=O) groups is 3. The third-order valence-electron chi connectivity index (χ3n) is 4.76. The summed E-state index contributed by atoms with van der Waals surface area (Å²) < 4.78 is 38.7. The number of nitrogens with one attached hydrogen (secondary N) is 2. The summed E-state index contributed by atoms with van der Waals surface area (Å²) in [7, 11) is 0. The van der Waals surface area contributed by atoms with E-state index in [2.05, 4.69) is 10.6 Å². The first-order valence-electron chi connectivity index (χ1n) is 10.0. The second-order valence-electron chi connectivity index (χ2n) is 7.32. The molecule has 0 saturated heterocycles. The maximum atomic E-state index is 12.9. The number of amides is 2. The summed E-state index contributed by atoms with van der Waals surface area (Å²) in [6.45, 7) is 0. The minimum absolute atomic E-state index is 0.0501. The van der Waals surface area contributed by atoms with Gasteiger partial charge in [0.2, 0.25) is 5.91 Å². The number of hydrogen-bond donors (Lipinski definition) is 3. The van der Waals surface area contributed by atoms with Crippen LogP contribution in [0, 0.1) is 0 Å². The Balaban J connectivity index is 1.67. The number of benzene rings is 3. The third-order valence-corrected chi connectivity index (χ3v) is 7.90. The van der Waals surface area contributed by atoms with E-state index in [1.165, 1.54) is 12.1 Å². The minimum Gasteiger partial charge on any atom is -0.478 e. The molecular weight excluding hydrogens is 635 g/mol. The van der Waals surface area contributed by atoms with Gasteiger partial charge in [-0.25, -0.2) is 4.79 Å². The van der Waals surface area contributed by atoms with E-state index >= 15 is 0 Å². The Hall–Kier alpha value is -2.34. The Kier molecular flexibility index (Phi) is 9.72. The van der Waals surface area contributed by atoms with Crippen molar-refractivity contribution in [3.8, 4) is 0 Å². The predicted molar refractivity (Wildman–Crippen MR) is 144 cm³/mol. The molecule has 0 aliphatic carbocycles. The molecule has 0 atom stereocenters. The van der Waals surface area contributed by atoms with E-state index in [1.54, 1.807) is 12.1 Å². The lowest BCUT2D eigenvalue weighted by atomic mass is 10.1. The van der Waals surface area contributed by atoms with E-state index in [1.807, 2.05) is 0 Å². The number of halogens is 8. The fraction of sp³-hybridized carbons (Fsp3) is 0.0870. The van der Waals surface area contributed by atoms with Gasteiger partial charge in [-0.05, 0) is 42.5 Å². The molecule has 0 aliphatic rings. The summed E-state index contributed by atoms with van der Waals surface area (Å²) in [5.41, 5.74) is -1.99. The number of hydrogen-bond acceptors (Lipinski definition) is 4. The minimum atomic E-state index is -4.59. The summed E-state index contributed by atoms with van der Waals surface area (Å²) in [6.07, 6.45) is -4.59. The molecule has 200 valence electrons. The number of carboxylic acid groups (broad SMARTS) is 1. The fourth-order valence-corrected chi connectivity index (χ4v) is 4.89. The lowest BCUT2D eigenvalue weighted by Gasteiger charge is -2.14. The molecule has 0 spiro atoms. The van der Waals surface area contributed by atoms with Crippen molar-refractivity contribution in [3.63, 3.8) is 0 Å². The largest absolute Gasteiger partial charge is 0.478 e. The molecular formula is C23H12Cl5F3N2O4S. The van der Waals surface area contributed by atoms with Crippen LogP contribution in [0.5, 0.6) is 0 Å². The lowest BCUT2D eigenvalue weighted by molar-refractivity contribution is -0.137. The monoisotopic (exact) mass is 644 g/mol. The molecule has 38 heavy (non-hydrogen) atoms. The Morgan fingerprint density at radius 3 is 1.95 bits per heavy atom. The molecule has 3 aromatic carbocycles. The van der Waals surface area contributed by atoms with E-state index in [0.717, 1.165) is 30.0 Å². The van der Waals surface area contributed by atoms with E-state index in [0.29, 0.717) is 4.90 Å². The molecule has 6 nitrogen and oxygen atoms in total. The first-order valence-corrected chi connectivity index (χ1v) is 12.9. The number of aromatic carboxylic acids is 1. The zero-order valence-corrected chi connectivity index (χ0v) is 22.9. The summed E-state index contributed by atoms with van der Waals surface area (Å²) >= 11 is 30.8. The summed E-state index contributed by atoms with van der Waals surface area (Å²) in [5, 5.41) is 12.8. The first-order chi connectivity index (χ1) is 17.7. The zero-order valence-electron chi connectivity index (χ0n) is 18.4. The number of thioether (sulfide) groups is 1. The van der Waals surface area contributed by atoms with Gasteiger partial charge >= 0.3 is 12.1 Å². The molecule has 0 saturated carbocycles. The average Bonchev–Trinajstić information content (AvgIpc) is 2.84. The van der Waals surface area contributed by atoms with Gasteiger partial charge in [-0.2, -0.15) is 13.2 Å². The van der Waals surface area contributed by atoms with Gasteiger partial charge in [0.15, 0.2) is 0 Å². The van der Waals surface area contributed by atoms with Crippen molar-refractivity contribution < 1.29 is 32.7 Å². The quantitative estimate of drug-likeness (QED) is 0.136. The van der Waals surface area contributed by atoms with E-state index in [9.17, 15) is 32.7 Å². The highest BCUT2D eigenvalue weighted by atomic mass is 35.5. The number of rotatable bonds is 7. The van der Waals surface area contributed by atoms with Gasteiger partial charge in [-0.1, -0.05) is 58.0 Å². The standard InChI is InChI=1S/C23H12Cl5F3N2O4S/c24-12-6-1-9(23(29,30)31)7-13(12)33-14(34)8-38-11-4-2-10(3-5-11)32-21(35)15-16(22(36)37)18(26)20(28)19(27)17(15)25/h1-7H,8H2,(H,32,35)(H,33,34)(H,36,37). The maximum absolute atomic E-state index is 12.9. The van der Waals surface area contributed by atoms with Crippen molar-refractivity contribution in [2.24, 2.45) is 0 Å². The van der Waals surface area contributed by atoms with Gasteiger partial charge in [0, 0.05) is 10.6 Å². The van der Waals surface area contributed by atoms with Crippen LogP contribution < -0.4 is 10.6 Å². The van der Waals surface area contributed by atoms with Crippen LogP contribution in [-0.4, -0.2) is 28.6 Å². The van der Waals surface area contributed by atoms with Crippen LogP contribution in [0.25, 0.3) is 0 Å². The van der Waals surface area contributed by atoms with Crippen molar-refractivity contribution in [2.75, 3.05) is 16.4 Å². The zero-order chi connectivity index (χ0) is 28.4. The molecule has 3 aromatic rings. The highest BCUT2D eigenvalue weighted by Gasteiger charge is 2.31. The Morgan fingerprint density at radius 2 is 1.39 bits per heavy atom. The first kappa shape index (κ1) is 30.2. The van der Waals surface area contributed by atoms with Crippen molar-refractivity contribution in [2.45, 2.75) is 11.1 Å². The van der Waals surface area contributed by atoms with E-state index in [-0.39, 0.29) is 32.2 Å². The summed E-state index contributed by atoms with van der Waals surface area (Å²) in [5.74, 6) is -3.21. The second-order valence-corrected chi connectivity index (χ2v) is 10.3. The van der Waals surface area contributed by atoms with Gasteiger partial charge in [-0.3, -0.25) is 9.59 Å². The molecule has 0 radical (unpaired) electrons. The highest BCUT2D eigenvalue weighted by Crippen LogP contribution is 2.42. The van der Waals surface area contributed by atoms with Gasteiger partial charge in [0.1, 0.15) is 0 Å². The lowest BCUT2D eigenvalue weighted by Crippen LogP contribution is -2.18. The van der Waals surface area contributed by atoms with Crippen molar-refractivity contribution in [1.82, 2.24) is 0 Å². The topological polar surface area (TPSA) is 95.5 Å². The van der Waals surface area contributed by atoms with Crippen LogP contribution in [0.15, 0.2) is 47.4 Å². The molecule has 0 bridgehead atoms. The molecule has 0 aliphatic heterocycles. The molecule has 0 fully saturated rings. The Bertz CT molecular complexity index is 1440. The third kappa shape index (κ3) is 6.99. The second kappa shape index (κ2) is 12.2. The number of carboxylic acids is 1. The molecule has 0 unspecified atom stereocenters.